The van der Waals surface area contributed by atoms with E-state index in [0.717, 1.165) is 4.47 Å². The van der Waals surface area contributed by atoms with Crippen molar-refractivity contribution in [2.75, 3.05) is 12.0 Å². The summed E-state index contributed by atoms with van der Waals surface area (Å²) < 4.78 is 38.8. The van der Waals surface area contributed by atoms with Crippen LogP contribution in [0.15, 0.2) is 97.4 Å². The van der Waals surface area contributed by atoms with Crippen LogP contribution in [0.25, 0.3) is 6.08 Å². The van der Waals surface area contributed by atoms with Gasteiger partial charge in [-0.3, -0.25) is 9.69 Å². The van der Waals surface area contributed by atoms with Crippen molar-refractivity contribution in [3.63, 3.8) is 0 Å². The highest BCUT2D eigenvalue weighted by Gasteiger charge is 2.38. The summed E-state index contributed by atoms with van der Waals surface area (Å²) in [5.74, 6) is -0.441. The van der Waals surface area contributed by atoms with Gasteiger partial charge in [-0.15, -0.1) is 0 Å². The Labute approximate surface area is 211 Å². The Balaban J connectivity index is 1.61. The number of sulfonamides is 1. The molecule has 0 saturated carbocycles. The lowest BCUT2D eigenvalue weighted by Crippen LogP contribution is -2.24. The highest BCUT2D eigenvalue weighted by atomic mass is 79.9. The van der Waals surface area contributed by atoms with Gasteiger partial charge < -0.3 is 9.15 Å². The van der Waals surface area contributed by atoms with Crippen LogP contribution in [0, 0.1) is 0 Å². The van der Waals surface area contributed by atoms with Crippen LogP contribution in [0.5, 0.6) is 0 Å². The zero-order valence-corrected chi connectivity index (χ0v) is 21.2. The number of amides is 1. The number of nitrogens with zero attached hydrogens (tertiary/aromatic N) is 1. The number of ether oxygens (including phenoxy) is 1. The SMILES string of the molecule is COC(=O)C1=C(C)N(c2cccc(Br)c2)C(=O)/C1=C/c1ccc(CNS(=O)(=O)c2ccccc2)o1. The minimum atomic E-state index is -3.71. The Morgan fingerprint density at radius 1 is 1.11 bits per heavy atom. The molecule has 0 spiro atoms. The molecular weight excluding hydrogens is 536 g/mol. The van der Waals surface area contributed by atoms with Crippen molar-refractivity contribution in [2.45, 2.75) is 18.4 Å². The van der Waals surface area contributed by atoms with E-state index in [1.807, 2.05) is 6.07 Å². The molecule has 3 aromatic rings. The number of hydrogen-bond donors (Lipinski definition) is 1. The van der Waals surface area contributed by atoms with Gasteiger partial charge in [0.15, 0.2) is 0 Å². The molecule has 0 saturated heterocycles. The van der Waals surface area contributed by atoms with Gasteiger partial charge in [-0.1, -0.05) is 40.2 Å². The van der Waals surface area contributed by atoms with E-state index >= 15 is 0 Å². The average molecular weight is 557 g/mol. The van der Waals surface area contributed by atoms with Crippen molar-refractivity contribution >= 4 is 49.6 Å². The number of hydrogen-bond acceptors (Lipinski definition) is 6. The summed E-state index contributed by atoms with van der Waals surface area (Å²) in [6.45, 7) is 1.58. The molecule has 1 aliphatic heterocycles. The topological polar surface area (TPSA) is 106 Å². The highest BCUT2D eigenvalue weighted by molar-refractivity contribution is 9.10. The lowest BCUT2D eigenvalue weighted by molar-refractivity contribution is -0.136. The molecule has 1 aliphatic rings. The molecule has 4 rings (SSSR count). The van der Waals surface area contributed by atoms with E-state index in [2.05, 4.69) is 20.7 Å². The third kappa shape index (κ3) is 5.14. The molecule has 2 heterocycles. The first-order valence-electron chi connectivity index (χ1n) is 10.5. The molecule has 1 aromatic heterocycles. The van der Waals surface area contributed by atoms with Gasteiger partial charge in [-0.2, -0.15) is 0 Å². The van der Waals surface area contributed by atoms with Crippen molar-refractivity contribution in [3.05, 3.63) is 99.6 Å². The molecule has 1 N–H and O–H groups in total. The monoisotopic (exact) mass is 556 g/mol. The number of carbonyl (C=O) groups excluding carboxylic acids is 2. The van der Waals surface area contributed by atoms with E-state index in [1.165, 1.54) is 30.2 Å². The fourth-order valence-corrected chi connectivity index (χ4v) is 5.07. The van der Waals surface area contributed by atoms with Crippen molar-refractivity contribution in [1.82, 2.24) is 4.72 Å². The van der Waals surface area contributed by atoms with E-state index in [-0.39, 0.29) is 28.3 Å². The molecule has 8 nitrogen and oxygen atoms in total. The van der Waals surface area contributed by atoms with E-state index in [4.69, 9.17) is 9.15 Å². The quantitative estimate of drug-likeness (QED) is 0.341. The molecule has 2 aromatic carbocycles. The fraction of sp³-hybridized carbons (Fsp3) is 0.120. The molecule has 180 valence electrons. The van der Waals surface area contributed by atoms with E-state index < -0.39 is 21.9 Å². The summed E-state index contributed by atoms with van der Waals surface area (Å²) >= 11 is 3.40. The molecule has 0 fully saturated rings. The maximum atomic E-state index is 13.3. The summed E-state index contributed by atoms with van der Waals surface area (Å²) in [4.78, 5) is 27.5. The number of carbonyl (C=O) groups is 2. The van der Waals surface area contributed by atoms with Crippen LogP contribution in [0.2, 0.25) is 0 Å². The van der Waals surface area contributed by atoms with Gasteiger partial charge in [0.1, 0.15) is 11.5 Å². The number of esters is 1. The average Bonchev–Trinajstić information content (AvgIpc) is 3.39. The summed E-state index contributed by atoms with van der Waals surface area (Å²) in [5.41, 5.74) is 1.25. The molecular formula is C25H21BrN2O6S. The predicted molar refractivity (Wildman–Crippen MR) is 133 cm³/mol. The standard InChI is InChI=1S/C25H21BrN2O6S/c1-16-23(25(30)33-2)22(24(29)28(16)18-8-6-7-17(26)13-18)14-19-11-12-20(34-19)15-27-35(31,32)21-9-4-3-5-10-21/h3-14,27H,15H2,1-2H3/b22-14+. The van der Waals surface area contributed by atoms with E-state index in [9.17, 15) is 18.0 Å². The molecule has 0 radical (unpaired) electrons. The Morgan fingerprint density at radius 2 is 1.86 bits per heavy atom. The molecule has 10 heteroatoms. The van der Waals surface area contributed by atoms with Gasteiger partial charge >= 0.3 is 5.97 Å². The summed E-state index contributed by atoms with van der Waals surface area (Å²) in [7, 11) is -2.46. The molecule has 0 unspecified atom stereocenters. The van der Waals surface area contributed by atoms with Crippen molar-refractivity contribution < 1.29 is 27.2 Å². The van der Waals surface area contributed by atoms with Crippen LogP contribution in [0.3, 0.4) is 0 Å². The van der Waals surface area contributed by atoms with Crippen LogP contribution in [-0.4, -0.2) is 27.4 Å². The molecule has 0 aliphatic carbocycles. The molecule has 1 amide bonds. The number of anilines is 1. The lowest BCUT2D eigenvalue weighted by Gasteiger charge is -2.18. The fourth-order valence-electron chi connectivity index (χ4n) is 3.66. The number of halogens is 1. The first-order valence-corrected chi connectivity index (χ1v) is 12.7. The summed E-state index contributed by atoms with van der Waals surface area (Å²) in [6.07, 6.45) is 1.45. The second kappa shape index (κ2) is 10.0. The second-order valence-electron chi connectivity index (χ2n) is 7.57. The second-order valence-corrected chi connectivity index (χ2v) is 10.3. The molecule has 35 heavy (non-hydrogen) atoms. The maximum Gasteiger partial charge on any atom is 0.340 e. The number of furan rings is 1. The Kier molecular flexibility index (Phi) is 7.06. The summed E-state index contributed by atoms with van der Waals surface area (Å²) in [6, 6.07) is 18.3. The van der Waals surface area contributed by atoms with Crippen LogP contribution >= 0.6 is 15.9 Å². The highest BCUT2D eigenvalue weighted by Crippen LogP contribution is 2.36. The number of benzene rings is 2. The normalized spacial score (nSPS) is 15.2. The Hall–Kier alpha value is -3.47. The first-order chi connectivity index (χ1) is 16.7. The Bertz CT molecular complexity index is 1460. The minimum Gasteiger partial charge on any atom is -0.465 e. The van der Waals surface area contributed by atoms with Gasteiger partial charge in [0.25, 0.3) is 5.91 Å². The van der Waals surface area contributed by atoms with Crippen LogP contribution in [0.1, 0.15) is 18.4 Å². The number of methoxy groups -OCH3 is 1. The first kappa shape index (κ1) is 24.6. The number of nitrogens with one attached hydrogen (secondary N) is 1. The zero-order chi connectivity index (χ0) is 25.2. The zero-order valence-electron chi connectivity index (χ0n) is 18.8. The molecule has 0 atom stereocenters. The predicted octanol–water partition coefficient (Wildman–Crippen LogP) is 4.40. The lowest BCUT2D eigenvalue weighted by atomic mass is 10.1. The smallest absolute Gasteiger partial charge is 0.340 e. The maximum absolute atomic E-state index is 13.3. The number of allylic oxidation sites excluding steroid dienone is 1. The summed E-state index contributed by atoms with van der Waals surface area (Å²) in [5, 5.41) is 0. The van der Waals surface area contributed by atoms with Gasteiger partial charge in [0.05, 0.1) is 35.4 Å². The van der Waals surface area contributed by atoms with Crippen LogP contribution < -0.4 is 9.62 Å². The van der Waals surface area contributed by atoms with Crippen LogP contribution in [-0.2, 0) is 30.9 Å². The van der Waals surface area contributed by atoms with Crippen LogP contribution in [0.4, 0.5) is 5.69 Å². The van der Waals surface area contributed by atoms with E-state index in [0.29, 0.717) is 17.1 Å². The van der Waals surface area contributed by atoms with Crippen molar-refractivity contribution in [1.29, 1.82) is 0 Å². The van der Waals surface area contributed by atoms with Gasteiger partial charge in [-0.05, 0) is 55.5 Å². The van der Waals surface area contributed by atoms with Crippen molar-refractivity contribution in [3.8, 4) is 0 Å². The van der Waals surface area contributed by atoms with Gasteiger partial charge in [0.2, 0.25) is 10.0 Å². The Morgan fingerprint density at radius 3 is 2.54 bits per heavy atom. The van der Waals surface area contributed by atoms with Crippen molar-refractivity contribution in [2.24, 2.45) is 0 Å². The number of rotatable bonds is 7. The van der Waals surface area contributed by atoms with Gasteiger partial charge in [-0.25, -0.2) is 17.9 Å². The largest absolute Gasteiger partial charge is 0.465 e. The van der Waals surface area contributed by atoms with E-state index in [1.54, 1.807) is 55.5 Å². The van der Waals surface area contributed by atoms with Gasteiger partial charge in [0, 0.05) is 10.2 Å². The molecule has 0 bridgehead atoms. The third-order valence-electron chi connectivity index (χ3n) is 5.31. The minimum absolute atomic E-state index is 0.0861. The third-order valence-corrected chi connectivity index (χ3v) is 7.23.